The lowest BCUT2D eigenvalue weighted by molar-refractivity contribution is 0.0691. The largest absolute Gasteiger partial charge is 0.476 e. The van der Waals surface area contributed by atoms with Crippen molar-refractivity contribution >= 4 is 17.3 Å². The molecule has 118 valence electrons. The van der Waals surface area contributed by atoms with Crippen LogP contribution in [0.4, 0.5) is 0 Å². The van der Waals surface area contributed by atoms with Crippen LogP contribution in [0.3, 0.4) is 0 Å². The summed E-state index contributed by atoms with van der Waals surface area (Å²) < 4.78 is 0. The number of aliphatic hydroxyl groups is 1. The molecular weight excluding hydrogens is 300 g/mol. The number of benzene rings is 1. The number of aliphatic hydroxyl groups excluding tert-OH is 1. The van der Waals surface area contributed by atoms with E-state index in [-0.39, 0.29) is 12.3 Å². The third kappa shape index (κ3) is 4.62. The molecule has 2 N–H and O–H groups in total. The highest BCUT2D eigenvalue weighted by Gasteiger charge is 2.09. The Hall–Kier alpha value is -1.76. The molecule has 0 bridgehead atoms. The first-order valence-corrected chi connectivity index (χ1v) is 8.09. The van der Waals surface area contributed by atoms with E-state index >= 15 is 0 Å². The van der Waals surface area contributed by atoms with Gasteiger partial charge < -0.3 is 10.2 Å². The highest BCUT2D eigenvalue weighted by molar-refractivity contribution is 7.09. The van der Waals surface area contributed by atoms with Crippen molar-refractivity contribution in [2.75, 3.05) is 19.7 Å². The number of likely N-dealkylation sites (N-methyl/N-ethyl adjacent to an activating group) is 1. The van der Waals surface area contributed by atoms with Crippen LogP contribution in [-0.2, 0) is 13.0 Å². The lowest BCUT2D eigenvalue weighted by Crippen LogP contribution is -2.26. The fraction of sp³-hybridized carbons (Fsp3) is 0.375. The molecule has 0 radical (unpaired) electrons. The summed E-state index contributed by atoms with van der Waals surface area (Å²) in [5, 5.41) is 20.3. The van der Waals surface area contributed by atoms with Gasteiger partial charge in [-0.25, -0.2) is 9.78 Å². The summed E-state index contributed by atoms with van der Waals surface area (Å²) in [6.07, 6.45) is 0.645. The SMILES string of the molecule is CCN(CCO)Cc1ccc(Cc2nc(C(=O)O)cs2)cc1. The first-order chi connectivity index (χ1) is 10.6. The summed E-state index contributed by atoms with van der Waals surface area (Å²) in [5.74, 6) is -0.985. The van der Waals surface area contributed by atoms with Crippen LogP contribution in [0.2, 0.25) is 0 Å². The summed E-state index contributed by atoms with van der Waals surface area (Å²) in [6.45, 7) is 4.64. The second-order valence-corrected chi connectivity index (χ2v) is 5.96. The van der Waals surface area contributed by atoms with Crippen molar-refractivity contribution in [3.63, 3.8) is 0 Å². The second-order valence-electron chi connectivity index (χ2n) is 5.02. The predicted octanol–water partition coefficient (Wildman–Crippen LogP) is 2.25. The molecule has 0 aliphatic heterocycles. The molecule has 2 rings (SSSR count). The summed E-state index contributed by atoms with van der Waals surface area (Å²) >= 11 is 1.37. The first-order valence-electron chi connectivity index (χ1n) is 7.21. The number of rotatable bonds is 8. The second kappa shape index (κ2) is 8.03. The molecule has 0 saturated heterocycles. The van der Waals surface area contributed by atoms with E-state index in [9.17, 15) is 4.79 Å². The number of carbonyl (C=O) groups is 1. The minimum atomic E-state index is -0.985. The molecule has 0 unspecified atom stereocenters. The van der Waals surface area contributed by atoms with E-state index < -0.39 is 5.97 Å². The van der Waals surface area contributed by atoms with Crippen molar-refractivity contribution in [3.05, 3.63) is 51.5 Å². The van der Waals surface area contributed by atoms with Crippen molar-refractivity contribution in [1.29, 1.82) is 0 Å². The van der Waals surface area contributed by atoms with Gasteiger partial charge in [0.1, 0.15) is 0 Å². The summed E-state index contributed by atoms with van der Waals surface area (Å²) in [7, 11) is 0. The number of hydrogen-bond donors (Lipinski definition) is 2. The highest BCUT2D eigenvalue weighted by atomic mass is 32.1. The van der Waals surface area contributed by atoms with Gasteiger partial charge in [0, 0.05) is 24.9 Å². The Morgan fingerprint density at radius 3 is 2.50 bits per heavy atom. The van der Waals surface area contributed by atoms with Crippen molar-refractivity contribution in [2.24, 2.45) is 0 Å². The van der Waals surface area contributed by atoms with Crippen LogP contribution in [-0.4, -0.2) is 45.8 Å². The number of carboxylic acid groups (broad SMARTS) is 1. The van der Waals surface area contributed by atoms with E-state index in [2.05, 4.69) is 28.9 Å². The minimum Gasteiger partial charge on any atom is -0.476 e. The molecule has 0 atom stereocenters. The number of carboxylic acids is 1. The molecule has 0 spiro atoms. The van der Waals surface area contributed by atoms with E-state index in [1.165, 1.54) is 16.9 Å². The molecule has 22 heavy (non-hydrogen) atoms. The van der Waals surface area contributed by atoms with E-state index in [0.29, 0.717) is 13.0 Å². The topological polar surface area (TPSA) is 73.7 Å². The quantitative estimate of drug-likeness (QED) is 0.780. The smallest absolute Gasteiger partial charge is 0.355 e. The van der Waals surface area contributed by atoms with Crippen molar-refractivity contribution in [2.45, 2.75) is 19.9 Å². The maximum Gasteiger partial charge on any atom is 0.355 e. The molecule has 2 aromatic rings. The van der Waals surface area contributed by atoms with Gasteiger partial charge in [-0.1, -0.05) is 31.2 Å². The van der Waals surface area contributed by atoms with Crippen LogP contribution < -0.4 is 0 Å². The van der Waals surface area contributed by atoms with Gasteiger partial charge in [0.25, 0.3) is 0 Å². The van der Waals surface area contributed by atoms with Gasteiger partial charge in [-0.2, -0.15) is 0 Å². The molecule has 0 aliphatic rings. The third-order valence-corrected chi connectivity index (χ3v) is 4.27. The van der Waals surface area contributed by atoms with Crippen LogP contribution in [0.25, 0.3) is 0 Å². The number of thiazole rings is 1. The molecule has 0 saturated carbocycles. The van der Waals surface area contributed by atoms with Gasteiger partial charge in [-0.3, -0.25) is 4.90 Å². The summed E-state index contributed by atoms with van der Waals surface area (Å²) in [6, 6.07) is 8.23. The molecule has 0 aliphatic carbocycles. The van der Waals surface area contributed by atoms with Crippen LogP contribution in [0.1, 0.15) is 33.5 Å². The number of hydrogen-bond acceptors (Lipinski definition) is 5. The maximum absolute atomic E-state index is 10.8. The average molecular weight is 320 g/mol. The first kappa shape index (κ1) is 16.6. The fourth-order valence-corrected chi connectivity index (χ4v) is 2.98. The summed E-state index contributed by atoms with van der Waals surface area (Å²) in [4.78, 5) is 17.1. The molecular formula is C16H20N2O3S. The molecule has 1 aromatic heterocycles. The maximum atomic E-state index is 10.8. The zero-order valence-electron chi connectivity index (χ0n) is 12.5. The highest BCUT2D eigenvalue weighted by Crippen LogP contribution is 2.16. The molecule has 1 heterocycles. The van der Waals surface area contributed by atoms with Gasteiger partial charge >= 0.3 is 5.97 Å². The zero-order valence-corrected chi connectivity index (χ0v) is 13.3. The molecule has 0 amide bonds. The Labute approximate surface area is 133 Å². The zero-order chi connectivity index (χ0) is 15.9. The van der Waals surface area contributed by atoms with Crippen LogP contribution >= 0.6 is 11.3 Å². The average Bonchev–Trinajstić information content (AvgIpc) is 2.97. The van der Waals surface area contributed by atoms with E-state index in [0.717, 1.165) is 23.7 Å². The fourth-order valence-electron chi connectivity index (χ4n) is 2.18. The van der Waals surface area contributed by atoms with Crippen molar-refractivity contribution in [3.8, 4) is 0 Å². The number of aromatic nitrogens is 1. The lowest BCUT2D eigenvalue weighted by atomic mass is 10.1. The van der Waals surface area contributed by atoms with Gasteiger partial charge in [-0.15, -0.1) is 11.3 Å². The van der Waals surface area contributed by atoms with Crippen molar-refractivity contribution < 1.29 is 15.0 Å². The van der Waals surface area contributed by atoms with Crippen molar-refractivity contribution in [1.82, 2.24) is 9.88 Å². The van der Waals surface area contributed by atoms with Crippen LogP contribution in [0.5, 0.6) is 0 Å². The molecule has 1 aromatic carbocycles. The van der Waals surface area contributed by atoms with Gasteiger partial charge in [0.2, 0.25) is 0 Å². The monoisotopic (exact) mass is 320 g/mol. The Morgan fingerprint density at radius 2 is 1.95 bits per heavy atom. The predicted molar refractivity (Wildman–Crippen MR) is 86.4 cm³/mol. The minimum absolute atomic E-state index is 0.110. The van der Waals surface area contributed by atoms with E-state index in [1.807, 2.05) is 12.1 Å². The molecule has 0 fully saturated rings. The number of nitrogens with zero attached hydrogens (tertiary/aromatic N) is 2. The summed E-state index contributed by atoms with van der Waals surface area (Å²) in [5.41, 5.74) is 2.42. The molecule has 5 nitrogen and oxygen atoms in total. The van der Waals surface area contributed by atoms with Crippen LogP contribution in [0.15, 0.2) is 29.6 Å². The van der Waals surface area contributed by atoms with Gasteiger partial charge in [0.15, 0.2) is 5.69 Å². The number of aromatic carboxylic acids is 1. The normalized spacial score (nSPS) is 11.0. The Balaban J connectivity index is 1.97. The Kier molecular flexibility index (Phi) is 6.06. The third-order valence-electron chi connectivity index (χ3n) is 3.42. The van der Waals surface area contributed by atoms with Gasteiger partial charge in [-0.05, 0) is 17.7 Å². The van der Waals surface area contributed by atoms with Crippen LogP contribution in [0, 0.1) is 0 Å². The Morgan fingerprint density at radius 1 is 1.27 bits per heavy atom. The van der Waals surface area contributed by atoms with E-state index in [1.54, 1.807) is 5.38 Å². The van der Waals surface area contributed by atoms with E-state index in [4.69, 9.17) is 10.2 Å². The lowest BCUT2D eigenvalue weighted by Gasteiger charge is -2.19. The standard InChI is InChI=1S/C16H20N2O3S/c1-2-18(7-8-19)10-13-5-3-12(4-6-13)9-15-17-14(11-22-15)16(20)21/h3-6,11,19H,2,7-10H2,1H3,(H,20,21). The van der Waals surface area contributed by atoms with Gasteiger partial charge in [0.05, 0.1) is 11.6 Å². The Bertz CT molecular complexity index is 610. The molecule has 6 heteroatoms.